The number of aromatic amines is 1. The van der Waals surface area contributed by atoms with Crippen molar-refractivity contribution in [3.8, 4) is 11.5 Å². The van der Waals surface area contributed by atoms with Gasteiger partial charge in [0.2, 0.25) is 0 Å². The number of hydrogen-bond acceptors (Lipinski definition) is 6. The lowest BCUT2D eigenvalue weighted by Crippen LogP contribution is -2.52. The molecule has 154 valence electrons. The molecule has 7 heteroatoms. The van der Waals surface area contributed by atoms with Gasteiger partial charge in [-0.25, -0.2) is 9.97 Å². The molecule has 1 fully saturated rings. The molecule has 7 nitrogen and oxygen atoms in total. The van der Waals surface area contributed by atoms with E-state index in [-0.39, 0.29) is 0 Å². The van der Waals surface area contributed by atoms with Crippen LogP contribution in [-0.2, 0) is 0 Å². The lowest BCUT2D eigenvalue weighted by Gasteiger charge is -2.41. The molecule has 1 atom stereocenters. The lowest BCUT2D eigenvalue weighted by atomic mass is 10.1. The van der Waals surface area contributed by atoms with E-state index in [4.69, 9.17) is 9.47 Å². The van der Waals surface area contributed by atoms with Gasteiger partial charge in [0.1, 0.15) is 28.9 Å². The van der Waals surface area contributed by atoms with Crippen molar-refractivity contribution < 1.29 is 9.47 Å². The Balaban J connectivity index is 1.46. The van der Waals surface area contributed by atoms with Crippen LogP contribution >= 0.6 is 0 Å². The van der Waals surface area contributed by atoms with E-state index in [0.717, 1.165) is 58.9 Å². The first-order valence-electron chi connectivity index (χ1n) is 10.1. The van der Waals surface area contributed by atoms with E-state index < -0.39 is 0 Å². The van der Waals surface area contributed by atoms with E-state index in [1.807, 2.05) is 30.3 Å². The molecule has 1 saturated heterocycles. The molecular weight excluding hydrogens is 378 g/mol. The minimum absolute atomic E-state index is 0.334. The fourth-order valence-corrected chi connectivity index (χ4v) is 4.35. The molecule has 0 saturated carbocycles. The molecule has 1 unspecified atom stereocenters. The van der Waals surface area contributed by atoms with Gasteiger partial charge in [0, 0.05) is 48.9 Å². The fraction of sp³-hybridized carbons (Fsp3) is 0.304. The second-order valence-corrected chi connectivity index (χ2v) is 7.65. The predicted octanol–water partition coefficient (Wildman–Crippen LogP) is 3.84. The highest BCUT2D eigenvalue weighted by atomic mass is 16.5. The largest absolute Gasteiger partial charge is 0.497 e. The molecule has 1 N–H and O–H groups in total. The molecule has 1 aliphatic heterocycles. The van der Waals surface area contributed by atoms with Crippen LogP contribution in [0.1, 0.15) is 6.92 Å². The van der Waals surface area contributed by atoms with Gasteiger partial charge in [0.25, 0.3) is 0 Å². The molecule has 1 aliphatic rings. The van der Waals surface area contributed by atoms with Gasteiger partial charge in [-0.3, -0.25) is 0 Å². The van der Waals surface area contributed by atoms with Crippen LogP contribution in [0.15, 0.2) is 48.8 Å². The van der Waals surface area contributed by atoms with Crippen LogP contribution in [0.5, 0.6) is 11.5 Å². The second kappa shape index (κ2) is 7.40. The average molecular weight is 403 g/mol. The number of fused-ring (bicyclic) bond motifs is 3. The molecule has 2 aromatic heterocycles. The third-order valence-corrected chi connectivity index (χ3v) is 5.88. The van der Waals surface area contributed by atoms with Gasteiger partial charge in [-0.2, -0.15) is 0 Å². The summed E-state index contributed by atoms with van der Waals surface area (Å²) in [4.78, 5) is 17.5. The molecule has 5 rings (SSSR count). The first-order valence-corrected chi connectivity index (χ1v) is 10.1. The number of ether oxygens (including phenoxy) is 2. The van der Waals surface area contributed by atoms with E-state index >= 15 is 0 Å². The lowest BCUT2D eigenvalue weighted by molar-refractivity contribution is 0.414. The van der Waals surface area contributed by atoms with Gasteiger partial charge in [0.05, 0.1) is 19.7 Å². The van der Waals surface area contributed by atoms with Crippen molar-refractivity contribution in [1.29, 1.82) is 0 Å². The highest BCUT2D eigenvalue weighted by molar-refractivity contribution is 6.08. The topological polar surface area (TPSA) is 66.5 Å². The zero-order chi connectivity index (χ0) is 20.7. The molecule has 0 bridgehead atoms. The Labute approximate surface area is 175 Å². The Bertz CT molecular complexity index is 1200. The zero-order valence-corrected chi connectivity index (χ0v) is 17.4. The van der Waals surface area contributed by atoms with Crippen LogP contribution in [-0.4, -0.2) is 54.8 Å². The van der Waals surface area contributed by atoms with E-state index in [2.05, 4.69) is 43.8 Å². The van der Waals surface area contributed by atoms with Crippen LogP contribution in [0, 0.1) is 0 Å². The summed E-state index contributed by atoms with van der Waals surface area (Å²) < 4.78 is 10.8. The molecule has 0 radical (unpaired) electrons. The van der Waals surface area contributed by atoms with Crippen molar-refractivity contribution in [3.05, 3.63) is 48.8 Å². The Hall–Kier alpha value is -3.48. The highest BCUT2D eigenvalue weighted by Gasteiger charge is 2.27. The van der Waals surface area contributed by atoms with Crippen LogP contribution in [0.4, 0.5) is 11.5 Å². The number of methoxy groups -OCH3 is 2. The fourth-order valence-electron chi connectivity index (χ4n) is 4.35. The predicted molar refractivity (Wildman–Crippen MR) is 120 cm³/mol. The second-order valence-electron chi connectivity index (χ2n) is 7.65. The first kappa shape index (κ1) is 18.5. The van der Waals surface area contributed by atoms with E-state index in [9.17, 15) is 0 Å². The molecule has 4 aromatic rings. The standard InChI is InChI=1S/C23H25N5O2/c1-15-13-27(9-10-28(15)16-5-4-6-17(11-16)29-2)23-22-21(24-14-25-23)19-8-7-18(30-3)12-20(19)26-22/h4-8,11-12,14-15,26H,9-10,13H2,1-3H3. The summed E-state index contributed by atoms with van der Waals surface area (Å²) in [6.45, 7) is 4.92. The van der Waals surface area contributed by atoms with Crippen LogP contribution in [0.2, 0.25) is 0 Å². The molecule has 30 heavy (non-hydrogen) atoms. The van der Waals surface area contributed by atoms with Gasteiger partial charge in [0.15, 0.2) is 5.82 Å². The molecule has 3 heterocycles. The van der Waals surface area contributed by atoms with Gasteiger partial charge < -0.3 is 24.3 Å². The maximum Gasteiger partial charge on any atom is 0.156 e. The SMILES string of the molecule is COc1cccc(N2CCN(c3ncnc4c3[nH]c3cc(OC)ccc34)CC2C)c1. The van der Waals surface area contributed by atoms with Crippen molar-refractivity contribution in [2.24, 2.45) is 0 Å². The number of aromatic nitrogens is 3. The Kier molecular flexibility index (Phi) is 4.58. The van der Waals surface area contributed by atoms with Gasteiger partial charge in [-0.05, 0) is 31.2 Å². The third-order valence-electron chi connectivity index (χ3n) is 5.88. The van der Waals surface area contributed by atoms with Crippen molar-refractivity contribution >= 4 is 33.4 Å². The van der Waals surface area contributed by atoms with Gasteiger partial charge in [-0.15, -0.1) is 0 Å². The van der Waals surface area contributed by atoms with Gasteiger partial charge in [-0.1, -0.05) is 6.07 Å². The van der Waals surface area contributed by atoms with Crippen LogP contribution in [0.25, 0.3) is 21.9 Å². The Morgan fingerprint density at radius 1 is 1.00 bits per heavy atom. The van der Waals surface area contributed by atoms with Crippen molar-refractivity contribution in [1.82, 2.24) is 15.0 Å². The summed E-state index contributed by atoms with van der Waals surface area (Å²) in [5.74, 6) is 2.66. The minimum atomic E-state index is 0.334. The minimum Gasteiger partial charge on any atom is -0.497 e. The number of rotatable bonds is 4. The number of H-pyrrole nitrogens is 1. The first-order chi connectivity index (χ1) is 14.7. The zero-order valence-electron chi connectivity index (χ0n) is 17.4. The summed E-state index contributed by atoms with van der Waals surface area (Å²) in [5, 5.41) is 1.08. The molecular formula is C23H25N5O2. The third kappa shape index (κ3) is 3.07. The van der Waals surface area contributed by atoms with Crippen molar-refractivity contribution in [2.45, 2.75) is 13.0 Å². The number of hydrogen-bond donors (Lipinski definition) is 1. The smallest absolute Gasteiger partial charge is 0.156 e. The normalized spacial score (nSPS) is 17.0. The monoisotopic (exact) mass is 403 g/mol. The number of anilines is 2. The van der Waals surface area contributed by atoms with Crippen molar-refractivity contribution in [3.63, 3.8) is 0 Å². The van der Waals surface area contributed by atoms with E-state index in [1.54, 1.807) is 20.5 Å². The summed E-state index contributed by atoms with van der Waals surface area (Å²) in [6, 6.07) is 14.6. The summed E-state index contributed by atoms with van der Waals surface area (Å²) >= 11 is 0. The quantitative estimate of drug-likeness (QED) is 0.558. The summed E-state index contributed by atoms with van der Waals surface area (Å²) in [5.41, 5.74) is 4.12. The molecule has 2 aromatic carbocycles. The summed E-state index contributed by atoms with van der Waals surface area (Å²) in [7, 11) is 3.38. The Morgan fingerprint density at radius 2 is 1.83 bits per heavy atom. The van der Waals surface area contributed by atoms with Gasteiger partial charge >= 0.3 is 0 Å². The summed E-state index contributed by atoms with van der Waals surface area (Å²) in [6.07, 6.45) is 1.66. The molecule has 0 spiro atoms. The average Bonchev–Trinajstić information content (AvgIpc) is 3.16. The van der Waals surface area contributed by atoms with E-state index in [0.29, 0.717) is 6.04 Å². The number of piperazine rings is 1. The highest BCUT2D eigenvalue weighted by Crippen LogP contribution is 2.33. The van der Waals surface area contributed by atoms with E-state index in [1.165, 1.54) is 5.69 Å². The number of benzene rings is 2. The van der Waals surface area contributed by atoms with Crippen molar-refractivity contribution in [2.75, 3.05) is 43.7 Å². The number of nitrogens with zero attached hydrogens (tertiary/aromatic N) is 4. The van der Waals surface area contributed by atoms with Crippen LogP contribution < -0.4 is 19.3 Å². The van der Waals surface area contributed by atoms with Crippen LogP contribution in [0.3, 0.4) is 0 Å². The Morgan fingerprint density at radius 3 is 2.63 bits per heavy atom. The maximum absolute atomic E-state index is 5.40. The molecule has 0 amide bonds. The molecule has 0 aliphatic carbocycles. The maximum atomic E-state index is 5.40. The number of nitrogens with one attached hydrogen (secondary N) is 1.